The molecule has 3 heterocycles. The third-order valence-corrected chi connectivity index (χ3v) is 7.79. The summed E-state index contributed by atoms with van der Waals surface area (Å²) in [7, 11) is 0. The number of carbonyl (C=O) groups excluding carboxylic acids is 1. The molecule has 34 heavy (non-hydrogen) atoms. The third kappa shape index (κ3) is 6.17. The van der Waals surface area contributed by atoms with E-state index in [4.69, 9.17) is 14.1 Å². The number of ether oxygens (including phenoxy) is 1. The smallest absolute Gasteiger partial charge is 0.229 e. The first-order valence-corrected chi connectivity index (χ1v) is 13.2. The second-order valence-electron chi connectivity index (χ2n) is 10.4. The van der Waals surface area contributed by atoms with Crippen molar-refractivity contribution in [1.82, 2.24) is 20.2 Å². The average Bonchev–Trinajstić information content (AvgIpc) is 3.10. The Morgan fingerprint density at radius 1 is 1.15 bits per heavy atom. The fourth-order valence-corrected chi connectivity index (χ4v) is 5.42. The minimum absolute atomic E-state index is 0.0179. The standard InChI is InChI=1S/C27H38N4O3/c1-19-18-28-27(33-19)17-25(32)29-22-8-5-20(6-9-22)11-14-31-15-12-21-7-10-26(30-24(21)13-16-31)34-23-3-2-4-23/h7,10,18,20,22-23H,2-6,8-9,11-17H2,1H3,(H,29,32)/t20-,22-. The quantitative estimate of drug-likeness (QED) is 0.633. The van der Waals surface area contributed by atoms with E-state index >= 15 is 0 Å². The molecule has 1 aliphatic heterocycles. The summed E-state index contributed by atoms with van der Waals surface area (Å²) in [6, 6.07) is 4.59. The van der Waals surface area contributed by atoms with Crippen LogP contribution in [-0.4, -0.2) is 52.6 Å². The van der Waals surface area contributed by atoms with Crippen LogP contribution >= 0.6 is 0 Å². The molecule has 2 aliphatic carbocycles. The van der Waals surface area contributed by atoms with Gasteiger partial charge in [-0.05, 0) is 82.7 Å². The molecule has 2 aromatic rings. The highest BCUT2D eigenvalue weighted by molar-refractivity contribution is 5.77. The fourth-order valence-electron chi connectivity index (χ4n) is 5.42. The summed E-state index contributed by atoms with van der Waals surface area (Å²) in [5, 5.41) is 3.18. The molecule has 0 aromatic carbocycles. The van der Waals surface area contributed by atoms with Gasteiger partial charge >= 0.3 is 0 Å². The van der Waals surface area contributed by atoms with Crippen molar-refractivity contribution in [3.05, 3.63) is 41.2 Å². The second kappa shape index (κ2) is 10.9. The Kier molecular flexibility index (Phi) is 7.48. The van der Waals surface area contributed by atoms with Crippen molar-refractivity contribution in [3.8, 4) is 5.88 Å². The van der Waals surface area contributed by atoms with E-state index in [9.17, 15) is 4.79 Å². The van der Waals surface area contributed by atoms with E-state index in [2.05, 4.69) is 27.3 Å². The molecule has 184 valence electrons. The average molecular weight is 467 g/mol. The Labute approximate surface area is 202 Å². The van der Waals surface area contributed by atoms with Gasteiger partial charge in [0.15, 0.2) is 0 Å². The number of oxazole rings is 1. The zero-order valence-corrected chi connectivity index (χ0v) is 20.4. The fraction of sp³-hybridized carbons (Fsp3) is 0.667. The van der Waals surface area contributed by atoms with Crippen molar-refractivity contribution in [2.24, 2.45) is 5.92 Å². The van der Waals surface area contributed by atoms with Gasteiger partial charge in [0.05, 0.1) is 6.20 Å². The molecule has 3 aliphatic rings. The Morgan fingerprint density at radius 3 is 2.71 bits per heavy atom. The number of nitrogens with one attached hydrogen (secondary N) is 1. The largest absolute Gasteiger partial charge is 0.474 e. The molecule has 7 heteroatoms. The maximum absolute atomic E-state index is 12.3. The maximum atomic E-state index is 12.3. The van der Waals surface area contributed by atoms with Crippen LogP contribution in [0.15, 0.2) is 22.7 Å². The SMILES string of the molecule is Cc1cnc(CC(=O)N[C@H]2CC[C@H](CCN3CCc4ccc(OC5CCC5)nc4CC3)CC2)o1. The molecule has 2 fully saturated rings. The molecule has 1 N–H and O–H groups in total. The Bertz CT molecular complexity index is 963. The number of nitrogens with zero attached hydrogens (tertiary/aromatic N) is 3. The van der Waals surface area contributed by atoms with Crippen molar-refractivity contribution in [3.63, 3.8) is 0 Å². The number of aromatic nitrogens is 2. The van der Waals surface area contributed by atoms with Gasteiger partial charge in [0.1, 0.15) is 18.3 Å². The molecule has 2 saturated carbocycles. The Balaban J connectivity index is 1.01. The van der Waals surface area contributed by atoms with Crippen molar-refractivity contribution < 1.29 is 13.9 Å². The predicted octanol–water partition coefficient (Wildman–Crippen LogP) is 4.02. The van der Waals surface area contributed by atoms with Gasteiger partial charge < -0.3 is 19.4 Å². The van der Waals surface area contributed by atoms with E-state index in [0.717, 1.165) is 62.9 Å². The number of carbonyl (C=O) groups is 1. The maximum Gasteiger partial charge on any atom is 0.229 e. The van der Waals surface area contributed by atoms with Gasteiger partial charge in [-0.1, -0.05) is 6.07 Å². The van der Waals surface area contributed by atoms with Gasteiger partial charge in [0, 0.05) is 37.3 Å². The van der Waals surface area contributed by atoms with Gasteiger partial charge in [-0.2, -0.15) is 0 Å². The normalized spacial score (nSPS) is 23.6. The minimum atomic E-state index is 0.0179. The van der Waals surface area contributed by atoms with Crippen LogP contribution in [-0.2, 0) is 24.1 Å². The third-order valence-electron chi connectivity index (χ3n) is 7.79. The predicted molar refractivity (Wildman–Crippen MR) is 130 cm³/mol. The summed E-state index contributed by atoms with van der Waals surface area (Å²) >= 11 is 0. The Morgan fingerprint density at radius 2 is 1.97 bits per heavy atom. The molecule has 1 amide bonds. The molecule has 7 nitrogen and oxygen atoms in total. The molecule has 0 saturated heterocycles. The summed E-state index contributed by atoms with van der Waals surface area (Å²) in [6.45, 7) is 5.20. The summed E-state index contributed by atoms with van der Waals surface area (Å²) in [5.74, 6) is 2.84. The van der Waals surface area contributed by atoms with Crippen LogP contribution in [0.5, 0.6) is 5.88 Å². The molecule has 0 radical (unpaired) electrons. The highest BCUT2D eigenvalue weighted by Crippen LogP contribution is 2.28. The lowest BCUT2D eigenvalue weighted by Gasteiger charge is -2.30. The van der Waals surface area contributed by atoms with E-state index in [0.29, 0.717) is 12.0 Å². The van der Waals surface area contributed by atoms with Crippen LogP contribution in [0.2, 0.25) is 0 Å². The highest BCUT2D eigenvalue weighted by atomic mass is 16.5. The summed E-state index contributed by atoms with van der Waals surface area (Å²) < 4.78 is 11.4. The number of rotatable bonds is 8. The summed E-state index contributed by atoms with van der Waals surface area (Å²) in [6.07, 6.45) is 13.8. The Hall–Kier alpha value is -2.41. The highest BCUT2D eigenvalue weighted by Gasteiger charge is 2.25. The van der Waals surface area contributed by atoms with Gasteiger partial charge in [-0.3, -0.25) is 4.79 Å². The van der Waals surface area contributed by atoms with Crippen molar-refractivity contribution in [2.45, 2.75) is 89.7 Å². The van der Waals surface area contributed by atoms with Gasteiger partial charge in [0.2, 0.25) is 17.7 Å². The zero-order chi connectivity index (χ0) is 23.3. The molecule has 0 bridgehead atoms. The first-order chi connectivity index (χ1) is 16.6. The summed E-state index contributed by atoms with van der Waals surface area (Å²) in [4.78, 5) is 23.9. The molecular formula is C27H38N4O3. The van der Waals surface area contributed by atoms with Crippen molar-refractivity contribution in [1.29, 1.82) is 0 Å². The van der Waals surface area contributed by atoms with E-state index in [1.165, 1.54) is 49.8 Å². The lowest BCUT2D eigenvalue weighted by atomic mass is 9.84. The van der Waals surface area contributed by atoms with Crippen LogP contribution in [0, 0.1) is 12.8 Å². The van der Waals surface area contributed by atoms with Crippen LogP contribution < -0.4 is 10.1 Å². The molecule has 0 atom stereocenters. The topological polar surface area (TPSA) is 80.5 Å². The van der Waals surface area contributed by atoms with Crippen LogP contribution in [0.3, 0.4) is 0 Å². The minimum Gasteiger partial charge on any atom is -0.474 e. The van der Waals surface area contributed by atoms with Gasteiger partial charge in [-0.25, -0.2) is 9.97 Å². The zero-order valence-electron chi connectivity index (χ0n) is 20.4. The van der Waals surface area contributed by atoms with Crippen LogP contribution in [0.4, 0.5) is 0 Å². The van der Waals surface area contributed by atoms with Gasteiger partial charge in [0.25, 0.3) is 0 Å². The van der Waals surface area contributed by atoms with Crippen molar-refractivity contribution in [2.75, 3.05) is 19.6 Å². The molecular weight excluding hydrogens is 428 g/mol. The number of fused-ring (bicyclic) bond motifs is 1. The molecule has 2 aromatic heterocycles. The second-order valence-corrected chi connectivity index (χ2v) is 10.4. The lowest BCUT2D eigenvalue weighted by molar-refractivity contribution is -0.121. The number of hydrogen-bond donors (Lipinski definition) is 1. The first kappa shape index (κ1) is 23.3. The monoisotopic (exact) mass is 466 g/mol. The molecule has 0 spiro atoms. The first-order valence-electron chi connectivity index (χ1n) is 13.2. The number of aryl methyl sites for hydroxylation is 1. The van der Waals surface area contributed by atoms with Gasteiger partial charge in [-0.15, -0.1) is 0 Å². The van der Waals surface area contributed by atoms with Crippen LogP contribution in [0.25, 0.3) is 0 Å². The lowest BCUT2D eigenvalue weighted by Crippen LogP contribution is -2.39. The molecule has 5 rings (SSSR count). The van der Waals surface area contributed by atoms with Crippen LogP contribution in [0.1, 0.15) is 74.3 Å². The number of pyridine rings is 1. The van der Waals surface area contributed by atoms with E-state index in [-0.39, 0.29) is 18.4 Å². The van der Waals surface area contributed by atoms with E-state index in [1.54, 1.807) is 6.20 Å². The number of hydrogen-bond acceptors (Lipinski definition) is 6. The summed E-state index contributed by atoms with van der Waals surface area (Å²) in [5.41, 5.74) is 2.62. The number of amides is 1. The van der Waals surface area contributed by atoms with Crippen molar-refractivity contribution >= 4 is 5.91 Å². The molecule has 0 unspecified atom stereocenters. The van der Waals surface area contributed by atoms with E-state index in [1.807, 2.05) is 6.92 Å². The van der Waals surface area contributed by atoms with E-state index < -0.39 is 0 Å².